The number of carbonyl (C=O) groups is 3. The number of ketones is 1. The number of hydrogen-bond acceptors (Lipinski definition) is 5. The summed E-state index contributed by atoms with van der Waals surface area (Å²) in [7, 11) is 0. The number of hydrogen-bond donors (Lipinski definition) is 2. The van der Waals surface area contributed by atoms with Crippen LogP contribution in [0.25, 0.3) is 22.6 Å². The van der Waals surface area contributed by atoms with Gasteiger partial charge in [0.15, 0.2) is 11.5 Å². The van der Waals surface area contributed by atoms with Crippen molar-refractivity contribution in [1.82, 2.24) is 4.98 Å². The summed E-state index contributed by atoms with van der Waals surface area (Å²) < 4.78 is 45.7. The van der Waals surface area contributed by atoms with Crippen LogP contribution < -0.4 is 5.32 Å². The summed E-state index contributed by atoms with van der Waals surface area (Å²) in [6.07, 6.45) is -3.17. The Morgan fingerprint density at radius 1 is 0.825 bits per heavy atom. The fraction of sp³-hybridized carbons (Fsp3) is 0.200. The van der Waals surface area contributed by atoms with Crippen LogP contribution in [0.5, 0.6) is 0 Å². The zero-order chi connectivity index (χ0) is 28.4. The van der Waals surface area contributed by atoms with E-state index in [-0.39, 0.29) is 17.4 Å². The normalized spacial score (nSPS) is 17.0. The minimum atomic E-state index is -4.92. The van der Waals surface area contributed by atoms with Gasteiger partial charge in [0, 0.05) is 22.7 Å². The molecule has 0 radical (unpaired) electrons. The number of aromatic nitrogens is 1. The van der Waals surface area contributed by atoms with E-state index < -0.39 is 41.3 Å². The van der Waals surface area contributed by atoms with Crippen molar-refractivity contribution >= 4 is 23.3 Å². The summed E-state index contributed by atoms with van der Waals surface area (Å²) in [6.45, 7) is 0. The van der Waals surface area contributed by atoms with E-state index in [1.807, 2.05) is 0 Å². The zero-order valence-corrected chi connectivity index (χ0v) is 20.9. The van der Waals surface area contributed by atoms with Crippen LogP contribution in [-0.4, -0.2) is 27.8 Å². The number of Topliss-reactive ketones (excluding diaryl/α,β-unsaturated/α-hetero) is 1. The number of carbonyl (C=O) groups excluding carboxylic acids is 2. The van der Waals surface area contributed by atoms with E-state index in [0.717, 1.165) is 11.1 Å². The van der Waals surface area contributed by atoms with E-state index in [2.05, 4.69) is 10.3 Å². The van der Waals surface area contributed by atoms with Gasteiger partial charge in [0.2, 0.25) is 11.7 Å². The molecule has 0 saturated heterocycles. The number of benzene rings is 3. The molecule has 2 N–H and O–H groups in total. The molecule has 5 rings (SSSR count). The summed E-state index contributed by atoms with van der Waals surface area (Å²) in [4.78, 5) is 40.9. The van der Waals surface area contributed by atoms with Gasteiger partial charge < -0.3 is 14.8 Å². The number of alkyl halides is 3. The molecule has 204 valence electrons. The fourth-order valence-corrected chi connectivity index (χ4v) is 4.92. The number of oxazole rings is 1. The van der Waals surface area contributed by atoms with Crippen molar-refractivity contribution in [3.05, 3.63) is 95.9 Å². The van der Waals surface area contributed by atoms with E-state index in [1.165, 1.54) is 24.3 Å². The highest BCUT2D eigenvalue weighted by atomic mass is 19.4. The van der Waals surface area contributed by atoms with Crippen molar-refractivity contribution in [1.29, 1.82) is 0 Å². The maximum absolute atomic E-state index is 13.6. The van der Waals surface area contributed by atoms with Gasteiger partial charge in [0.05, 0.1) is 5.92 Å². The van der Waals surface area contributed by atoms with Crippen molar-refractivity contribution in [2.24, 2.45) is 11.8 Å². The number of halogens is 3. The highest BCUT2D eigenvalue weighted by Gasteiger charge is 2.42. The van der Waals surface area contributed by atoms with Gasteiger partial charge in [-0.05, 0) is 48.2 Å². The second-order valence-corrected chi connectivity index (χ2v) is 9.52. The molecule has 7 nitrogen and oxygen atoms in total. The molecule has 1 fully saturated rings. The van der Waals surface area contributed by atoms with Crippen molar-refractivity contribution in [3.8, 4) is 22.6 Å². The summed E-state index contributed by atoms with van der Waals surface area (Å²) >= 11 is 0. The van der Waals surface area contributed by atoms with E-state index >= 15 is 0 Å². The molecule has 2 atom stereocenters. The van der Waals surface area contributed by atoms with E-state index in [9.17, 15) is 32.7 Å². The molecular weight excluding hydrogens is 525 g/mol. The Morgan fingerprint density at radius 2 is 1.43 bits per heavy atom. The molecule has 4 aromatic rings. The number of aliphatic carboxylic acids is 1. The summed E-state index contributed by atoms with van der Waals surface area (Å²) in [6, 6.07) is 21.2. The van der Waals surface area contributed by atoms with Crippen molar-refractivity contribution in [3.63, 3.8) is 0 Å². The second-order valence-electron chi connectivity index (χ2n) is 9.52. The molecule has 1 amide bonds. The van der Waals surface area contributed by atoms with Crippen LogP contribution in [0.3, 0.4) is 0 Å². The van der Waals surface area contributed by atoms with Crippen LogP contribution in [0.15, 0.2) is 83.3 Å². The molecule has 10 heteroatoms. The van der Waals surface area contributed by atoms with Crippen LogP contribution in [0.2, 0.25) is 0 Å². The standard InChI is InChI=1S/C30H23F3N2O5/c31-30(32,33)26-24(35-28(40-26)20-5-2-1-3-6-20)27(37)34-21-15-13-18(14-16-21)17-9-11-19(12-10-17)25(36)22-7-4-8-23(22)29(38)39/h1-3,5-6,9-16,22-23H,4,7-8H2,(H,34,37)(H,38,39)/t22-,23-/m0/s1. The molecule has 0 unspecified atom stereocenters. The average molecular weight is 549 g/mol. The smallest absolute Gasteiger partial charge is 0.452 e. The van der Waals surface area contributed by atoms with Gasteiger partial charge in [-0.2, -0.15) is 13.2 Å². The third kappa shape index (κ3) is 5.51. The maximum atomic E-state index is 13.6. The van der Waals surface area contributed by atoms with Crippen molar-refractivity contribution in [2.45, 2.75) is 25.4 Å². The van der Waals surface area contributed by atoms with E-state index in [4.69, 9.17) is 4.42 Å². The molecule has 0 spiro atoms. The number of nitrogens with one attached hydrogen (secondary N) is 1. The summed E-state index contributed by atoms with van der Waals surface area (Å²) in [5.74, 6) is -5.20. The molecule has 0 aliphatic heterocycles. The average Bonchev–Trinajstić information content (AvgIpc) is 3.62. The topological polar surface area (TPSA) is 110 Å². The zero-order valence-electron chi connectivity index (χ0n) is 20.9. The number of rotatable bonds is 7. The van der Waals surface area contributed by atoms with Crippen LogP contribution in [0.4, 0.5) is 18.9 Å². The van der Waals surface area contributed by atoms with Gasteiger partial charge in [0.1, 0.15) is 0 Å². The molecule has 1 saturated carbocycles. The third-order valence-electron chi connectivity index (χ3n) is 6.94. The largest absolute Gasteiger partial charge is 0.481 e. The lowest BCUT2D eigenvalue weighted by Crippen LogP contribution is -2.25. The van der Waals surface area contributed by atoms with Gasteiger partial charge in [-0.1, -0.05) is 61.0 Å². The maximum Gasteiger partial charge on any atom is 0.452 e. The predicted molar refractivity (Wildman–Crippen MR) is 140 cm³/mol. The molecule has 1 heterocycles. The number of carboxylic acid groups (broad SMARTS) is 1. The highest BCUT2D eigenvalue weighted by molar-refractivity contribution is 6.04. The predicted octanol–water partition coefficient (Wildman–Crippen LogP) is 6.96. The fourth-order valence-electron chi connectivity index (χ4n) is 4.92. The minimum Gasteiger partial charge on any atom is -0.481 e. The summed E-state index contributed by atoms with van der Waals surface area (Å²) in [5.41, 5.74) is 1.62. The number of nitrogens with zero attached hydrogens (tertiary/aromatic N) is 1. The second kappa shape index (κ2) is 10.8. The van der Waals surface area contributed by atoms with Gasteiger partial charge in [-0.25, -0.2) is 4.98 Å². The minimum absolute atomic E-state index is 0.184. The summed E-state index contributed by atoms with van der Waals surface area (Å²) in [5, 5.41) is 11.8. The van der Waals surface area contributed by atoms with E-state index in [1.54, 1.807) is 54.6 Å². The lowest BCUT2D eigenvalue weighted by Gasteiger charge is -2.14. The Labute approximate surface area is 226 Å². The quantitative estimate of drug-likeness (QED) is 0.242. The molecule has 1 aromatic heterocycles. The van der Waals surface area contributed by atoms with Crippen LogP contribution >= 0.6 is 0 Å². The number of anilines is 1. The number of carboxylic acids is 1. The van der Waals surface area contributed by atoms with Crippen molar-refractivity contribution < 1.29 is 37.1 Å². The molecule has 3 aromatic carbocycles. The SMILES string of the molecule is O=C(Nc1ccc(-c2ccc(C(=O)[C@H]3CCC[C@@H]3C(=O)O)cc2)cc1)c1nc(-c2ccccc2)oc1C(F)(F)F. The van der Waals surface area contributed by atoms with Crippen LogP contribution in [-0.2, 0) is 11.0 Å². The van der Waals surface area contributed by atoms with E-state index in [0.29, 0.717) is 30.4 Å². The van der Waals surface area contributed by atoms with Gasteiger partial charge in [-0.3, -0.25) is 14.4 Å². The monoisotopic (exact) mass is 548 g/mol. The Hall–Kier alpha value is -4.73. The lowest BCUT2D eigenvalue weighted by molar-refractivity contribution is -0.153. The Kier molecular flexibility index (Phi) is 7.25. The van der Waals surface area contributed by atoms with Crippen LogP contribution in [0, 0.1) is 11.8 Å². The number of amides is 1. The Morgan fingerprint density at radius 3 is 2.02 bits per heavy atom. The third-order valence-corrected chi connectivity index (χ3v) is 6.94. The molecule has 1 aliphatic rings. The molecule has 1 aliphatic carbocycles. The van der Waals surface area contributed by atoms with Gasteiger partial charge in [0.25, 0.3) is 5.91 Å². The lowest BCUT2D eigenvalue weighted by atomic mass is 9.88. The molecule has 40 heavy (non-hydrogen) atoms. The Bertz CT molecular complexity index is 1550. The first kappa shape index (κ1) is 26.9. The Balaban J connectivity index is 1.30. The first-order valence-electron chi connectivity index (χ1n) is 12.5. The molecular formula is C30H23F3N2O5. The van der Waals surface area contributed by atoms with Crippen molar-refractivity contribution in [2.75, 3.05) is 5.32 Å². The first-order valence-corrected chi connectivity index (χ1v) is 12.5. The van der Waals surface area contributed by atoms with Crippen LogP contribution in [0.1, 0.15) is 45.9 Å². The first-order chi connectivity index (χ1) is 19.1. The molecule has 0 bridgehead atoms. The van der Waals surface area contributed by atoms with Gasteiger partial charge in [-0.15, -0.1) is 0 Å². The van der Waals surface area contributed by atoms with Gasteiger partial charge >= 0.3 is 12.1 Å². The highest BCUT2D eigenvalue weighted by Crippen LogP contribution is 2.36.